The molecule has 0 saturated carbocycles. The van der Waals surface area contributed by atoms with E-state index in [0.717, 1.165) is 39.4 Å². The minimum atomic E-state index is 0.518. The first-order valence-electron chi connectivity index (χ1n) is 10.0. The Bertz CT molecular complexity index is 1280. The molecule has 5 aromatic rings. The maximum absolute atomic E-state index is 5.93. The van der Waals surface area contributed by atoms with Gasteiger partial charge in [-0.1, -0.05) is 42.1 Å². The molecule has 5 rings (SSSR count). The monoisotopic (exact) mass is 444 g/mol. The first-order valence-corrected chi connectivity index (χ1v) is 11.0. The van der Waals surface area contributed by atoms with Crippen LogP contribution in [-0.4, -0.2) is 26.9 Å². The first-order chi connectivity index (χ1) is 15.8. The molecule has 0 aliphatic carbocycles. The van der Waals surface area contributed by atoms with Crippen LogP contribution in [0.1, 0.15) is 11.7 Å². The van der Waals surface area contributed by atoms with E-state index in [1.54, 1.807) is 19.6 Å². The van der Waals surface area contributed by atoms with Gasteiger partial charge in [-0.25, -0.2) is 4.98 Å². The lowest BCUT2D eigenvalue weighted by molar-refractivity contribution is 0.415. The Hall–Kier alpha value is -3.78. The summed E-state index contributed by atoms with van der Waals surface area (Å²) in [6, 6.07) is 21.5. The van der Waals surface area contributed by atoms with Crippen molar-refractivity contribution in [1.29, 1.82) is 0 Å². The summed E-state index contributed by atoms with van der Waals surface area (Å²) in [5.74, 6) is 4.28. The van der Waals surface area contributed by atoms with Gasteiger partial charge in [0.15, 0.2) is 16.7 Å². The van der Waals surface area contributed by atoms with Crippen LogP contribution in [0.15, 0.2) is 93.2 Å². The third-order valence-corrected chi connectivity index (χ3v) is 5.85. The summed E-state index contributed by atoms with van der Waals surface area (Å²) in [4.78, 5) is 4.42. The number of benzene rings is 2. The molecule has 0 saturated heterocycles. The molecule has 0 fully saturated rings. The fraction of sp³-hybridized carbons (Fsp3) is 0.125. The van der Waals surface area contributed by atoms with E-state index in [9.17, 15) is 0 Å². The number of rotatable bonds is 8. The van der Waals surface area contributed by atoms with Gasteiger partial charge in [-0.15, -0.1) is 10.2 Å². The van der Waals surface area contributed by atoms with Gasteiger partial charge in [0.05, 0.1) is 31.9 Å². The summed E-state index contributed by atoms with van der Waals surface area (Å²) in [6.07, 6.45) is 3.42. The summed E-state index contributed by atoms with van der Waals surface area (Å²) >= 11 is 1.52. The second-order valence-electron chi connectivity index (χ2n) is 6.97. The van der Waals surface area contributed by atoms with Crippen LogP contribution < -0.4 is 4.74 Å². The highest BCUT2D eigenvalue weighted by Crippen LogP contribution is 2.29. The quantitative estimate of drug-likeness (QED) is 0.291. The third-order valence-electron chi connectivity index (χ3n) is 4.90. The largest absolute Gasteiger partial charge is 0.497 e. The van der Waals surface area contributed by atoms with Gasteiger partial charge in [-0.05, 0) is 36.4 Å². The number of aromatic nitrogens is 4. The number of oxazole rings is 1. The number of thioether (sulfide) groups is 1. The molecule has 0 N–H and O–H groups in total. The number of hydrogen-bond donors (Lipinski definition) is 0. The fourth-order valence-corrected chi connectivity index (χ4v) is 4.08. The molecular weight excluding hydrogens is 424 g/mol. The van der Waals surface area contributed by atoms with E-state index < -0.39 is 0 Å². The van der Waals surface area contributed by atoms with Crippen molar-refractivity contribution in [1.82, 2.24) is 19.7 Å². The van der Waals surface area contributed by atoms with Crippen molar-refractivity contribution < 1.29 is 13.6 Å². The van der Waals surface area contributed by atoms with Crippen molar-refractivity contribution in [2.45, 2.75) is 17.5 Å². The average Bonchev–Trinajstić information content (AvgIpc) is 3.61. The van der Waals surface area contributed by atoms with Crippen molar-refractivity contribution >= 4 is 11.8 Å². The molecule has 0 aliphatic heterocycles. The predicted octanol–water partition coefficient (Wildman–Crippen LogP) is 5.54. The normalized spacial score (nSPS) is 11.0. The number of hydrogen-bond acceptors (Lipinski definition) is 7. The SMILES string of the molecule is COc1ccc(-c2nnc(SCc3ncc(-c4ccccc4)o3)n2Cc2ccco2)cc1. The molecule has 0 radical (unpaired) electrons. The zero-order valence-electron chi connectivity index (χ0n) is 17.3. The fourth-order valence-electron chi connectivity index (χ4n) is 3.29. The van der Waals surface area contributed by atoms with E-state index in [1.807, 2.05) is 71.3 Å². The number of ether oxygens (including phenoxy) is 1. The zero-order valence-corrected chi connectivity index (χ0v) is 18.2. The summed E-state index contributed by atoms with van der Waals surface area (Å²) in [5.41, 5.74) is 1.94. The van der Waals surface area contributed by atoms with Crippen LogP contribution >= 0.6 is 11.8 Å². The zero-order chi connectivity index (χ0) is 21.8. The van der Waals surface area contributed by atoms with Gasteiger partial charge in [-0.3, -0.25) is 4.57 Å². The number of methoxy groups -OCH3 is 1. The molecule has 0 atom stereocenters. The number of furan rings is 1. The maximum atomic E-state index is 5.93. The van der Waals surface area contributed by atoms with Crippen LogP contribution in [0.4, 0.5) is 0 Å². The van der Waals surface area contributed by atoms with Crippen molar-refractivity contribution in [3.8, 4) is 28.5 Å². The highest BCUT2D eigenvalue weighted by atomic mass is 32.2. The van der Waals surface area contributed by atoms with E-state index in [2.05, 4.69) is 15.2 Å². The molecule has 3 heterocycles. The van der Waals surface area contributed by atoms with E-state index in [1.165, 1.54) is 11.8 Å². The topological polar surface area (TPSA) is 79.1 Å². The highest BCUT2D eigenvalue weighted by molar-refractivity contribution is 7.98. The molecular formula is C24H20N4O3S. The predicted molar refractivity (Wildman–Crippen MR) is 121 cm³/mol. The van der Waals surface area contributed by atoms with Gasteiger partial charge in [0.1, 0.15) is 11.5 Å². The Kier molecular flexibility index (Phi) is 5.76. The minimum Gasteiger partial charge on any atom is -0.497 e. The average molecular weight is 445 g/mol. The summed E-state index contributed by atoms with van der Waals surface area (Å²) in [6.45, 7) is 0.518. The molecule has 2 aromatic carbocycles. The van der Waals surface area contributed by atoms with Crippen LogP contribution in [0.2, 0.25) is 0 Å². The van der Waals surface area contributed by atoms with E-state index in [0.29, 0.717) is 18.2 Å². The Labute approximate surface area is 189 Å². The summed E-state index contributed by atoms with van der Waals surface area (Å²) in [7, 11) is 1.65. The molecule has 0 unspecified atom stereocenters. The molecule has 8 heteroatoms. The second kappa shape index (κ2) is 9.15. The van der Waals surface area contributed by atoms with E-state index in [-0.39, 0.29) is 0 Å². The minimum absolute atomic E-state index is 0.518. The van der Waals surface area contributed by atoms with Crippen molar-refractivity contribution in [3.05, 3.63) is 90.8 Å². The lowest BCUT2D eigenvalue weighted by Crippen LogP contribution is -2.03. The standard InChI is InChI=1S/C24H20N4O3S/c1-29-19-11-9-18(10-12-19)23-26-27-24(28(23)15-20-8-5-13-30-20)32-16-22-25-14-21(31-22)17-6-3-2-4-7-17/h2-14H,15-16H2,1H3. The van der Waals surface area contributed by atoms with E-state index >= 15 is 0 Å². The Morgan fingerprint density at radius 1 is 0.938 bits per heavy atom. The second-order valence-corrected chi connectivity index (χ2v) is 7.92. The highest BCUT2D eigenvalue weighted by Gasteiger charge is 2.17. The van der Waals surface area contributed by atoms with Gasteiger partial charge in [-0.2, -0.15) is 0 Å². The van der Waals surface area contributed by atoms with Crippen LogP contribution in [0, 0.1) is 0 Å². The maximum Gasteiger partial charge on any atom is 0.205 e. The Morgan fingerprint density at radius 2 is 1.78 bits per heavy atom. The lowest BCUT2D eigenvalue weighted by Gasteiger charge is -2.09. The van der Waals surface area contributed by atoms with Crippen LogP contribution in [-0.2, 0) is 12.3 Å². The van der Waals surface area contributed by atoms with Crippen molar-refractivity contribution in [3.63, 3.8) is 0 Å². The van der Waals surface area contributed by atoms with Crippen LogP contribution in [0.25, 0.3) is 22.7 Å². The smallest absolute Gasteiger partial charge is 0.205 e. The molecule has 7 nitrogen and oxygen atoms in total. The van der Waals surface area contributed by atoms with Crippen LogP contribution in [0.3, 0.4) is 0 Å². The van der Waals surface area contributed by atoms with Crippen molar-refractivity contribution in [2.75, 3.05) is 7.11 Å². The van der Waals surface area contributed by atoms with Gasteiger partial charge in [0, 0.05) is 11.1 Å². The molecule has 0 amide bonds. The van der Waals surface area contributed by atoms with Gasteiger partial charge < -0.3 is 13.6 Å². The van der Waals surface area contributed by atoms with Gasteiger partial charge >= 0.3 is 0 Å². The van der Waals surface area contributed by atoms with Gasteiger partial charge in [0.25, 0.3) is 0 Å². The van der Waals surface area contributed by atoms with Crippen molar-refractivity contribution in [2.24, 2.45) is 0 Å². The lowest BCUT2D eigenvalue weighted by atomic mass is 10.2. The van der Waals surface area contributed by atoms with Crippen LogP contribution in [0.5, 0.6) is 5.75 Å². The summed E-state index contributed by atoms with van der Waals surface area (Å²) < 4.78 is 18.8. The van der Waals surface area contributed by atoms with Gasteiger partial charge in [0.2, 0.25) is 5.89 Å². The molecule has 0 aliphatic rings. The molecule has 0 spiro atoms. The Balaban J connectivity index is 1.39. The Morgan fingerprint density at radius 3 is 2.53 bits per heavy atom. The van der Waals surface area contributed by atoms with E-state index in [4.69, 9.17) is 13.6 Å². The molecule has 160 valence electrons. The molecule has 0 bridgehead atoms. The molecule has 32 heavy (non-hydrogen) atoms. The molecule has 3 aromatic heterocycles. The summed E-state index contributed by atoms with van der Waals surface area (Å²) in [5, 5.41) is 9.63. The number of nitrogens with zero attached hydrogens (tertiary/aromatic N) is 4. The first kappa shape index (κ1) is 20.1. The third kappa shape index (κ3) is 4.31.